The van der Waals surface area contributed by atoms with Crippen LogP contribution in [0.5, 0.6) is 0 Å². The highest BCUT2D eigenvalue weighted by atomic mass is 16.5. The lowest BCUT2D eigenvalue weighted by Gasteiger charge is -2.06. The number of terminal acetylenes is 1. The average molecular weight is 368 g/mol. The van der Waals surface area contributed by atoms with Crippen molar-refractivity contribution in [3.05, 3.63) is 88.1 Å². The molecule has 6 heteroatoms. The van der Waals surface area contributed by atoms with Crippen molar-refractivity contribution < 1.29 is 4.52 Å². The van der Waals surface area contributed by atoms with Crippen LogP contribution in [0.15, 0.2) is 70.2 Å². The molecular formula is C22H16N4O2. The second-order valence-electron chi connectivity index (χ2n) is 6.37. The molecule has 0 aliphatic heterocycles. The third-order valence-corrected chi connectivity index (χ3v) is 4.26. The van der Waals surface area contributed by atoms with Gasteiger partial charge in [0.15, 0.2) is 0 Å². The molecule has 0 fully saturated rings. The first-order valence-corrected chi connectivity index (χ1v) is 8.65. The van der Waals surface area contributed by atoms with Crippen molar-refractivity contribution in [2.75, 3.05) is 0 Å². The summed E-state index contributed by atoms with van der Waals surface area (Å²) in [7, 11) is 0. The molecule has 0 saturated carbocycles. The van der Waals surface area contributed by atoms with Gasteiger partial charge in [-0.3, -0.25) is 4.79 Å². The van der Waals surface area contributed by atoms with Gasteiger partial charge >= 0.3 is 0 Å². The maximum Gasteiger partial charge on any atom is 0.259 e. The van der Waals surface area contributed by atoms with Crippen LogP contribution in [0.1, 0.15) is 16.8 Å². The van der Waals surface area contributed by atoms with Crippen LogP contribution in [-0.2, 0) is 6.54 Å². The van der Waals surface area contributed by atoms with E-state index in [1.54, 1.807) is 29.1 Å². The summed E-state index contributed by atoms with van der Waals surface area (Å²) in [6.07, 6.45) is 8.68. The fourth-order valence-electron chi connectivity index (χ4n) is 2.82. The van der Waals surface area contributed by atoms with E-state index in [2.05, 4.69) is 21.0 Å². The molecule has 0 atom stereocenters. The van der Waals surface area contributed by atoms with Gasteiger partial charge in [0.25, 0.3) is 11.4 Å². The van der Waals surface area contributed by atoms with Gasteiger partial charge in [0.1, 0.15) is 5.69 Å². The topological polar surface area (TPSA) is 73.8 Å². The molecule has 28 heavy (non-hydrogen) atoms. The van der Waals surface area contributed by atoms with E-state index in [0.717, 1.165) is 16.7 Å². The van der Waals surface area contributed by atoms with Gasteiger partial charge in [-0.05, 0) is 30.7 Å². The predicted molar refractivity (Wildman–Crippen MR) is 105 cm³/mol. The zero-order valence-electron chi connectivity index (χ0n) is 15.2. The minimum absolute atomic E-state index is 0.136. The highest BCUT2D eigenvalue weighted by Gasteiger charge is 2.12. The van der Waals surface area contributed by atoms with E-state index < -0.39 is 0 Å². The quantitative estimate of drug-likeness (QED) is 0.517. The van der Waals surface area contributed by atoms with E-state index in [9.17, 15) is 4.79 Å². The van der Waals surface area contributed by atoms with Gasteiger partial charge in [0, 0.05) is 24.0 Å². The standard InChI is InChI=1S/C22H16N4O2/c1-3-19-9-7-16(12-23-19)13-26-14-18(8-10-20(26)27)22-24-21(25-28-22)17-6-4-5-15(2)11-17/h1,4-12,14H,13H2,2H3. The van der Waals surface area contributed by atoms with Crippen LogP contribution >= 0.6 is 0 Å². The van der Waals surface area contributed by atoms with E-state index in [0.29, 0.717) is 29.5 Å². The number of rotatable bonds is 4. The second kappa shape index (κ2) is 7.33. The van der Waals surface area contributed by atoms with Crippen molar-refractivity contribution in [1.29, 1.82) is 0 Å². The lowest BCUT2D eigenvalue weighted by atomic mass is 10.1. The molecule has 0 aliphatic rings. The van der Waals surface area contributed by atoms with E-state index in [1.165, 1.54) is 6.07 Å². The minimum Gasteiger partial charge on any atom is -0.334 e. The Morgan fingerprint density at radius 1 is 1.14 bits per heavy atom. The van der Waals surface area contributed by atoms with E-state index in [4.69, 9.17) is 10.9 Å². The third-order valence-electron chi connectivity index (χ3n) is 4.26. The van der Waals surface area contributed by atoms with Gasteiger partial charge < -0.3 is 9.09 Å². The maximum absolute atomic E-state index is 12.2. The van der Waals surface area contributed by atoms with Gasteiger partial charge in [-0.1, -0.05) is 40.9 Å². The Labute approximate surface area is 161 Å². The highest BCUT2D eigenvalue weighted by molar-refractivity contribution is 5.59. The van der Waals surface area contributed by atoms with Crippen LogP contribution < -0.4 is 5.56 Å². The van der Waals surface area contributed by atoms with Crippen LogP contribution in [0.3, 0.4) is 0 Å². The van der Waals surface area contributed by atoms with Crippen molar-refractivity contribution >= 4 is 0 Å². The monoisotopic (exact) mass is 368 g/mol. The molecule has 0 unspecified atom stereocenters. The predicted octanol–water partition coefficient (Wildman–Crippen LogP) is 3.30. The Balaban J connectivity index is 1.63. The second-order valence-corrected chi connectivity index (χ2v) is 6.37. The number of pyridine rings is 2. The molecule has 0 spiro atoms. The summed E-state index contributed by atoms with van der Waals surface area (Å²) in [6, 6.07) is 14.6. The highest BCUT2D eigenvalue weighted by Crippen LogP contribution is 2.22. The Morgan fingerprint density at radius 2 is 2.04 bits per heavy atom. The SMILES string of the molecule is C#Cc1ccc(Cn2cc(-c3nc(-c4cccc(C)c4)no3)ccc2=O)cn1. The summed E-state index contributed by atoms with van der Waals surface area (Å²) in [5.74, 6) is 3.33. The van der Waals surface area contributed by atoms with Crippen molar-refractivity contribution in [3.63, 3.8) is 0 Å². The molecule has 4 aromatic rings. The Morgan fingerprint density at radius 3 is 2.79 bits per heavy atom. The molecular weight excluding hydrogens is 352 g/mol. The fourth-order valence-corrected chi connectivity index (χ4v) is 2.82. The van der Waals surface area contributed by atoms with Gasteiger partial charge in [-0.25, -0.2) is 4.98 Å². The Hall–Kier alpha value is -3.98. The lowest BCUT2D eigenvalue weighted by Crippen LogP contribution is -2.19. The van der Waals surface area contributed by atoms with Crippen LogP contribution in [0.25, 0.3) is 22.8 Å². The fraction of sp³-hybridized carbons (Fsp3) is 0.0909. The van der Waals surface area contributed by atoms with E-state index in [-0.39, 0.29) is 5.56 Å². The molecule has 3 aromatic heterocycles. The van der Waals surface area contributed by atoms with Gasteiger partial charge in [0.2, 0.25) is 5.82 Å². The normalized spacial score (nSPS) is 10.6. The summed E-state index contributed by atoms with van der Waals surface area (Å²) in [5, 5.41) is 4.06. The zero-order chi connectivity index (χ0) is 19.5. The molecule has 0 bridgehead atoms. The molecule has 0 N–H and O–H groups in total. The van der Waals surface area contributed by atoms with Crippen LogP contribution in [0.4, 0.5) is 0 Å². The molecule has 0 radical (unpaired) electrons. The molecule has 3 heterocycles. The summed E-state index contributed by atoms with van der Waals surface area (Å²) < 4.78 is 6.98. The van der Waals surface area contributed by atoms with Crippen molar-refractivity contribution in [2.45, 2.75) is 13.5 Å². The van der Waals surface area contributed by atoms with Gasteiger partial charge in [0.05, 0.1) is 12.1 Å². The van der Waals surface area contributed by atoms with Crippen LogP contribution in [-0.4, -0.2) is 19.7 Å². The molecule has 136 valence electrons. The molecule has 4 rings (SSSR count). The van der Waals surface area contributed by atoms with Crippen LogP contribution in [0, 0.1) is 19.3 Å². The summed E-state index contributed by atoms with van der Waals surface area (Å²) in [6.45, 7) is 2.37. The smallest absolute Gasteiger partial charge is 0.259 e. The van der Waals surface area contributed by atoms with Gasteiger partial charge in [-0.2, -0.15) is 4.98 Å². The third kappa shape index (κ3) is 3.60. The number of hydrogen-bond donors (Lipinski definition) is 0. The first-order valence-electron chi connectivity index (χ1n) is 8.65. The largest absolute Gasteiger partial charge is 0.334 e. The van der Waals surface area contributed by atoms with Crippen LogP contribution in [0.2, 0.25) is 0 Å². The zero-order valence-corrected chi connectivity index (χ0v) is 15.2. The molecule has 0 saturated heterocycles. The first kappa shape index (κ1) is 17.4. The lowest BCUT2D eigenvalue weighted by molar-refractivity contribution is 0.432. The van der Waals surface area contributed by atoms with E-state index >= 15 is 0 Å². The maximum atomic E-state index is 12.2. The molecule has 1 aromatic carbocycles. The molecule has 6 nitrogen and oxygen atoms in total. The van der Waals surface area contributed by atoms with Gasteiger partial charge in [-0.15, -0.1) is 6.42 Å². The number of aromatic nitrogens is 4. The summed E-state index contributed by atoms with van der Waals surface area (Å²) >= 11 is 0. The average Bonchev–Trinajstić information content (AvgIpc) is 3.20. The number of benzene rings is 1. The number of hydrogen-bond acceptors (Lipinski definition) is 5. The Bertz CT molecular complexity index is 1230. The number of aryl methyl sites for hydroxylation is 1. The first-order chi connectivity index (χ1) is 13.6. The van der Waals surface area contributed by atoms with Crippen molar-refractivity contribution in [2.24, 2.45) is 0 Å². The Kier molecular flexibility index (Phi) is 4.56. The summed E-state index contributed by atoms with van der Waals surface area (Å²) in [4.78, 5) is 20.9. The van der Waals surface area contributed by atoms with Crippen molar-refractivity contribution in [1.82, 2.24) is 19.7 Å². The molecule has 0 amide bonds. The molecule has 0 aliphatic carbocycles. The van der Waals surface area contributed by atoms with Crippen molar-refractivity contribution in [3.8, 4) is 35.2 Å². The van der Waals surface area contributed by atoms with E-state index in [1.807, 2.05) is 37.3 Å². The number of nitrogens with zero attached hydrogens (tertiary/aromatic N) is 4. The minimum atomic E-state index is -0.136. The summed E-state index contributed by atoms with van der Waals surface area (Å²) in [5.41, 5.74) is 3.94.